The molecule has 7 heteroatoms. The van der Waals surface area contributed by atoms with Crippen molar-refractivity contribution in [3.8, 4) is 0 Å². The van der Waals surface area contributed by atoms with E-state index in [0.29, 0.717) is 6.54 Å². The molecule has 0 bridgehead atoms. The molecule has 1 fully saturated rings. The highest BCUT2D eigenvalue weighted by Gasteiger charge is 2.25. The first-order valence-electron chi connectivity index (χ1n) is 7.54. The molecule has 0 unspecified atom stereocenters. The lowest BCUT2D eigenvalue weighted by molar-refractivity contribution is -0.129. The van der Waals surface area contributed by atoms with E-state index in [9.17, 15) is 17.6 Å². The summed E-state index contributed by atoms with van der Waals surface area (Å²) >= 11 is 0. The summed E-state index contributed by atoms with van der Waals surface area (Å²) < 4.78 is 37.8. The van der Waals surface area contributed by atoms with Crippen molar-refractivity contribution in [1.82, 2.24) is 9.62 Å². The van der Waals surface area contributed by atoms with Crippen LogP contribution in [0.2, 0.25) is 0 Å². The van der Waals surface area contributed by atoms with Crippen molar-refractivity contribution < 1.29 is 17.6 Å². The predicted octanol–water partition coefficient (Wildman–Crippen LogP) is 1.77. The lowest BCUT2D eigenvalue weighted by atomic mass is 10.0. The van der Waals surface area contributed by atoms with Crippen molar-refractivity contribution in [2.75, 3.05) is 19.3 Å². The SMILES string of the molecule is CS(=O)(=O)NC[C@H]1CCCCN1C(=O)/C=C/c1ccc(F)cc1. The van der Waals surface area contributed by atoms with E-state index in [4.69, 9.17) is 0 Å². The quantitative estimate of drug-likeness (QED) is 0.831. The number of likely N-dealkylation sites (tertiary alicyclic amines) is 1. The van der Waals surface area contributed by atoms with Gasteiger partial charge in [0.2, 0.25) is 15.9 Å². The van der Waals surface area contributed by atoms with Gasteiger partial charge in [0.05, 0.1) is 6.26 Å². The molecule has 2 rings (SSSR count). The summed E-state index contributed by atoms with van der Waals surface area (Å²) in [5, 5.41) is 0. The second kappa shape index (κ2) is 7.70. The van der Waals surface area contributed by atoms with Crippen LogP contribution in [0.15, 0.2) is 30.3 Å². The third kappa shape index (κ3) is 5.76. The molecule has 1 saturated heterocycles. The molecule has 0 radical (unpaired) electrons. The summed E-state index contributed by atoms with van der Waals surface area (Å²) in [6.45, 7) is 0.845. The van der Waals surface area contributed by atoms with Crippen LogP contribution in [-0.4, -0.2) is 44.6 Å². The van der Waals surface area contributed by atoms with Crippen LogP contribution in [-0.2, 0) is 14.8 Å². The van der Waals surface area contributed by atoms with Gasteiger partial charge in [-0.05, 0) is 43.0 Å². The Balaban J connectivity index is 2.01. The number of halogens is 1. The molecule has 1 atom stereocenters. The fraction of sp³-hybridized carbons (Fsp3) is 0.438. The molecule has 5 nitrogen and oxygen atoms in total. The number of carbonyl (C=O) groups excluding carboxylic acids is 1. The molecule has 0 aromatic heterocycles. The van der Waals surface area contributed by atoms with E-state index in [1.807, 2.05) is 0 Å². The Morgan fingerprint density at radius 3 is 2.70 bits per heavy atom. The van der Waals surface area contributed by atoms with Crippen LogP contribution in [0.1, 0.15) is 24.8 Å². The third-order valence-electron chi connectivity index (χ3n) is 3.78. The van der Waals surface area contributed by atoms with E-state index in [0.717, 1.165) is 31.1 Å². The average molecular weight is 340 g/mol. The van der Waals surface area contributed by atoms with Gasteiger partial charge < -0.3 is 4.90 Å². The minimum atomic E-state index is -3.27. The molecule has 1 aliphatic rings. The fourth-order valence-corrected chi connectivity index (χ4v) is 3.08. The number of rotatable bonds is 5. The van der Waals surface area contributed by atoms with Crippen LogP contribution >= 0.6 is 0 Å². The highest BCUT2D eigenvalue weighted by molar-refractivity contribution is 7.88. The lowest BCUT2D eigenvalue weighted by Crippen LogP contribution is -2.48. The highest BCUT2D eigenvalue weighted by Crippen LogP contribution is 2.17. The van der Waals surface area contributed by atoms with Crippen molar-refractivity contribution in [1.29, 1.82) is 0 Å². The number of hydrogen-bond acceptors (Lipinski definition) is 3. The van der Waals surface area contributed by atoms with Crippen LogP contribution in [0.25, 0.3) is 6.08 Å². The number of nitrogens with zero attached hydrogens (tertiary/aromatic N) is 1. The number of nitrogens with one attached hydrogen (secondary N) is 1. The smallest absolute Gasteiger partial charge is 0.246 e. The van der Waals surface area contributed by atoms with Gasteiger partial charge in [-0.3, -0.25) is 4.79 Å². The zero-order valence-corrected chi connectivity index (χ0v) is 13.9. The molecular weight excluding hydrogens is 319 g/mol. The number of amides is 1. The largest absolute Gasteiger partial charge is 0.335 e. The first-order valence-corrected chi connectivity index (χ1v) is 9.43. The van der Waals surface area contributed by atoms with Gasteiger partial charge in [0.15, 0.2) is 0 Å². The summed E-state index contributed by atoms with van der Waals surface area (Å²) in [4.78, 5) is 14.1. The Hall–Kier alpha value is -1.73. The summed E-state index contributed by atoms with van der Waals surface area (Å²) in [5.74, 6) is -0.481. The third-order valence-corrected chi connectivity index (χ3v) is 4.47. The van der Waals surface area contributed by atoms with Crippen molar-refractivity contribution in [3.05, 3.63) is 41.7 Å². The van der Waals surface area contributed by atoms with Crippen LogP contribution in [0.4, 0.5) is 4.39 Å². The van der Waals surface area contributed by atoms with E-state index in [1.165, 1.54) is 18.2 Å². The van der Waals surface area contributed by atoms with Gasteiger partial charge in [0, 0.05) is 25.2 Å². The van der Waals surface area contributed by atoms with Gasteiger partial charge in [-0.1, -0.05) is 12.1 Å². The maximum absolute atomic E-state index is 12.9. The molecular formula is C16H21FN2O3S. The first kappa shape index (κ1) is 17.6. The maximum atomic E-state index is 12.9. The van der Waals surface area contributed by atoms with E-state index < -0.39 is 10.0 Å². The van der Waals surface area contributed by atoms with Crippen LogP contribution in [0.3, 0.4) is 0 Å². The molecule has 0 saturated carbocycles. The summed E-state index contributed by atoms with van der Waals surface area (Å²) in [6.07, 6.45) is 6.85. The standard InChI is InChI=1S/C16H21FN2O3S/c1-23(21,22)18-12-15-4-2-3-11-19(15)16(20)10-7-13-5-8-14(17)9-6-13/h5-10,15,18H,2-4,11-12H2,1H3/b10-7+/t15-/m1/s1. The topological polar surface area (TPSA) is 66.5 Å². The number of hydrogen-bond donors (Lipinski definition) is 1. The Labute approximate surface area is 136 Å². The van der Waals surface area contributed by atoms with Crippen molar-refractivity contribution in [2.24, 2.45) is 0 Å². The number of carbonyl (C=O) groups is 1. The van der Waals surface area contributed by atoms with Gasteiger partial charge >= 0.3 is 0 Å². The van der Waals surface area contributed by atoms with Gasteiger partial charge in [-0.25, -0.2) is 17.5 Å². The zero-order chi connectivity index (χ0) is 16.9. The summed E-state index contributed by atoms with van der Waals surface area (Å²) in [5.41, 5.74) is 0.738. The zero-order valence-electron chi connectivity index (χ0n) is 13.0. The number of benzene rings is 1. The van der Waals surface area contributed by atoms with Crippen LogP contribution in [0.5, 0.6) is 0 Å². The van der Waals surface area contributed by atoms with Gasteiger partial charge in [0.25, 0.3) is 0 Å². The monoisotopic (exact) mass is 340 g/mol. The second-order valence-corrected chi connectivity index (χ2v) is 7.52. The highest BCUT2D eigenvalue weighted by atomic mass is 32.2. The Morgan fingerprint density at radius 2 is 2.04 bits per heavy atom. The first-order chi connectivity index (χ1) is 10.8. The van der Waals surface area contributed by atoms with Crippen molar-refractivity contribution in [3.63, 3.8) is 0 Å². The minimum Gasteiger partial charge on any atom is -0.335 e. The van der Waals surface area contributed by atoms with Gasteiger partial charge in [-0.2, -0.15) is 0 Å². The molecule has 1 aromatic carbocycles. The molecule has 1 amide bonds. The van der Waals surface area contributed by atoms with Crippen molar-refractivity contribution in [2.45, 2.75) is 25.3 Å². The molecule has 23 heavy (non-hydrogen) atoms. The Bertz CT molecular complexity index is 671. The number of piperidine rings is 1. The fourth-order valence-electron chi connectivity index (χ4n) is 2.59. The molecule has 0 spiro atoms. The lowest BCUT2D eigenvalue weighted by Gasteiger charge is -2.35. The molecule has 1 aromatic rings. The van der Waals surface area contributed by atoms with E-state index in [2.05, 4.69) is 4.72 Å². The molecule has 1 heterocycles. The predicted molar refractivity (Wildman–Crippen MR) is 87.6 cm³/mol. The normalized spacial score (nSPS) is 19.2. The maximum Gasteiger partial charge on any atom is 0.246 e. The molecule has 0 aliphatic carbocycles. The van der Waals surface area contributed by atoms with E-state index >= 15 is 0 Å². The summed E-state index contributed by atoms with van der Waals surface area (Å²) in [6, 6.07) is 5.73. The average Bonchev–Trinajstić information content (AvgIpc) is 2.52. The summed E-state index contributed by atoms with van der Waals surface area (Å²) in [7, 11) is -3.27. The molecule has 1 aliphatic heterocycles. The minimum absolute atomic E-state index is 0.135. The van der Waals surface area contributed by atoms with Gasteiger partial charge in [-0.15, -0.1) is 0 Å². The van der Waals surface area contributed by atoms with Crippen molar-refractivity contribution >= 4 is 22.0 Å². The van der Waals surface area contributed by atoms with Crippen LogP contribution < -0.4 is 4.72 Å². The van der Waals surface area contributed by atoms with E-state index in [-0.39, 0.29) is 24.3 Å². The Kier molecular flexibility index (Phi) is 5.90. The van der Waals surface area contributed by atoms with E-state index in [1.54, 1.807) is 23.1 Å². The number of sulfonamides is 1. The molecule has 126 valence electrons. The second-order valence-electron chi connectivity index (χ2n) is 5.69. The Morgan fingerprint density at radius 1 is 1.35 bits per heavy atom. The van der Waals surface area contributed by atoms with Gasteiger partial charge in [0.1, 0.15) is 5.82 Å². The molecule has 1 N–H and O–H groups in total. The van der Waals surface area contributed by atoms with Crippen LogP contribution in [0, 0.1) is 5.82 Å².